The Morgan fingerprint density at radius 2 is 2.43 bits per heavy atom. The molecule has 0 atom stereocenters. The van der Waals surface area contributed by atoms with Crippen LogP contribution in [0.3, 0.4) is 0 Å². The van der Waals surface area contributed by atoms with Crippen LogP contribution in [0, 0.1) is 6.92 Å². The molecule has 2 aromatic rings. The predicted octanol–water partition coefficient (Wildman–Crippen LogP) is 1.97. The van der Waals surface area contributed by atoms with Crippen LogP contribution in [0.5, 0.6) is 0 Å². The summed E-state index contributed by atoms with van der Waals surface area (Å²) in [6, 6.07) is 5.60. The number of carbonyl (C=O) groups excluding carboxylic acids is 1. The van der Waals surface area contributed by atoms with E-state index in [-0.39, 0.29) is 0 Å². The summed E-state index contributed by atoms with van der Waals surface area (Å²) in [4.78, 5) is 13.4. The van der Waals surface area contributed by atoms with Crippen molar-refractivity contribution in [1.29, 1.82) is 0 Å². The average Bonchev–Trinajstić information content (AvgIpc) is 2.57. The van der Waals surface area contributed by atoms with Crippen LogP contribution in [0.15, 0.2) is 27.7 Å². The zero-order chi connectivity index (χ0) is 9.97. The zero-order valence-corrected chi connectivity index (χ0v) is 7.65. The molecule has 0 bridgehead atoms. The molecule has 1 aromatic carbocycles. The lowest BCUT2D eigenvalue weighted by atomic mass is 10.1. The lowest BCUT2D eigenvalue weighted by Gasteiger charge is -1.93. The summed E-state index contributed by atoms with van der Waals surface area (Å²) in [7, 11) is 0. The highest BCUT2D eigenvalue weighted by Crippen LogP contribution is 2.19. The molecule has 0 saturated heterocycles. The Kier molecular flexibility index (Phi) is 2.13. The van der Waals surface area contributed by atoms with Crippen molar-refractivity contribution in [3.63, 3.8) is 0 Å². The highest BCUT2D eigenvalue weighted by atomic mass is 16.5. The molecule has 0 aliphatic heterocycles. The molecule has 0 aliphatic rings. The molecule has 0 saturated carbocycles. The number of fused-ring (bicyclic) bond motifs is 1. The zero-order valence-electron chi connectivity index (χ0n) is 7.65. The number of benzene rings is 1. The Hall–Kier alpha value is -1.93. The highest BCUT2D eigenvalue weighted by molar-refractivity contribution is 5.79. The van der Waals surface area contributed by atoms with Gasteiger partial charge in [-0.05, 0) is 24.6 Å². The molecule has 0 spiro atoms. The smallest absolute Gasteiger partial charge is 0.235 e. The molecule has 0 amide bonds. The van der Waals surface area contributed by atoms with Gasteiger partial charge in [-0.25, -0.2) is 9.79 Å². The molecule has 70 valence electrons. The van der Waals surface area contributed by atoms with Gasteiger partial charge in [0, 0.05) is 5.39 Å². The van der Waals surface area contributed by atoms with E-state index in [1.807, 2.05) is 25.1 Å². The van der Waals surface area contributed by atoms with Crippen LogP contribution in [0.2, 0.25) is 0 Å². The normalized spacial score (nSPS) is 10.1. The van der Waals surface area contributed by atoms with E-state index in [9.17, 15) is 4.79 Å². The molecule has 0 N–H and O–H groups in total. The number of aryl methyl sites for hydroxylation is 1. The van der Waals surface area contributed by atoms with Gasteiger partial charge in [-0.3, -0.25) is 0 Å². The fourth-order valence-electron chi connectivity index (χ4n) is 1.33. The van der Waals surface area contributed by atoms with Gasteiger partial charge >= 0.3 is 0 Å². The Bertz CT molecular complexity index is 510. The summed E-state index contributed by atoms with van der Waals surface area (Å²) in [5.74, 6) is 0. The third-order valence-electron chi connectivity index (χ3n) is 2.04. The average molecular weight is 188 g/mol. The summed E-state index contributed by atoms with van der Waals surface area (Å²) >= 11 is 0. The number of hydrogen-bond donors (Lipinski definition) is 0. The van der Waals surface area contributed by atoms with Gasteiger partial charge in [0.25, 0.3) is 0 Å². The van der Waals surface area contributed by atoms with Gasteiger partial charge in [0.2, 0.25) is 6.08 Å². The van der Waals surface area contributed by atoms with Crippen LogP contribution >= 0.6 is 0 Å². The molecule has 4 heteroatoms. The SMILES string of the molecule is Cc1noc2ccc(CN=C=O)cc12. The fourth-order valence-corrected chi connectivity index (χ4v) is 1.33. The Morgan fingerprint density at radius 3 is 3.21 bits per heavy atom. The first-order valence-electron chi connectivity index (χ1n) is 4.20. The topological polar surface area (TPSA) is 55.5 Å². The summed E-state index contributed by atoms with van der Waals surface area (Å²) in [6.07, 6.45) is 1.51. The van der Waals surface area contributed by atoms with E-state index in [1.54, 1.807) is 0 Å². The Balaban J connectivity index is 2.48. The van der Waals surface area contributed by atoms with Gasteiger partial charge in [0.15, 0.2) is 5.58 Å². The number of nitrogens with zero attached hydrogens (tertiary/aromatic N) is 2. The van der Waals surface area contributed by atoms with Crippen LogP contribution in [0.4, 0.5) is 0 Å². The molecular formula is C10H8N2O2. The maximum absolute atomic E-state index is 9.94. The minimum absolute atomic E-state index is 0.351. The van der Waals surface area contributed by atoms with Crippen LogP contribution in [-0.4, -0.2) is 11.2 Å². The fraction of sp³-hybridized carbons (Fsp3) is 0.200. The van der Waals surface area contributed by atoms with Gasteiger partial charge in [0.05, 0.1) is 12.2 Å². The molecule has 0 fully saturated rings. The third-order valence-corrected chi connectivity index (χ3v) is 2.04. The van der Waals surface area contributed by atoms with Gasteiger partial charge in [-0.1, -0.05) is 11.2 Å². The molecule has 4 nitrogen and oxygen atoms in total. The number of aromatic nitrogens is 1. The van der Waals surface area contributed by atoms with E-state index in [0.717, 1.165) is 22.2 Å². The maximum atomic E-state index is 9.94. The molecule has 1 heterocycles. The van der Waals surface area contributed by atoms with Crippen molar-refractivity contribution in [3.05, 3.63) is 29.5 Å². The van der Waals surface area contributed by atoms with Crippen LogP contribution in [-0.2, 0) is 11.3 Å². The third kappa shape index (κ3) is 1.43. The molecule has 2 rings (SSSR count). The monoisotopic (exact) mass is 188 g/mol. The first-order valence-corrected chi connectivity index (χ1v) is 4.20. The first kappa shape index (κ1) is 8.66. The van der Waals surface area contributed by atoms with E-state index in [1.165, 1.54) is 6.08 Å². The second-order valence-corrected chi connectivity index (χ2v) is 3.01. The molecule has 14 heavy (non-hydrogen) atoms. The summed E-state index contributed by atoms with van der Waals surface area (Å²) in [5.41, 5.74) is 2.55. The largest absolute Gasteiger partial charge is 0.356 e. The second kappa shape index (κ2) is 3.44. The Morgan fingerprint density at radius 1 is 1.57 bits per heavy atom. The van der Waals surface area contributed by atoms with E-state index in [0.29, 0.717) is 6.54 Å². The minimum Gasteiger partial charge on any atom is -0.356 e. The van der Waals surface area contributed by atoms with Gasteiger partial charge in [-0.15, -0.1) is 0 Å². The summed E-state index contributed by atoms with van der Waals surface area (Å²) in [6.45, 7) is 2.22. The van der Waals surface area contributed by atoms with Crippen molar-refractivity contribution in [2.24, 2.45) is 4.99 Å². The number of aliphatic imine (C=N–C) groups is 1. The second-order valence-electron chi connectivity index (χ2n) is 3.01. The summed E-state index contributed by atoms with van der Waals surface area (Å²) in [5, 5.41) is 4.80. The van der Waals surface area contributed by atoms with Crippen LogP contribution < -0.4 is 0 Å². The number of isocyanates is 1. The maximum Gasteiger partial charge on any atom is 0.235 e. The molecule has 0 aliphatic carbocycles. The molecule has 1 aromatic heterocycles. The predicted molar refractivity (Wildman–Crippen MR) is 50.6 cm³/mol. The standard InChI is InChI=1S/C10H8N2O2/c1-7-9-4-8(5-11-6-13)2-3-10(9)14-12-7/h2-4H,5H2,1H3. The van der Waals surface area contributed by atoms with Crippen molar-refractivity contribution in [2.45, 2.75) is 13.5 Å². The number of hydrogen-bond acceptors (Lipinski definition) is 4. The van der Waals surface area contributed by atoms with Gasteiger partial charge < -0.3 is 4.52 Å². The molecule has 0 radical (unpaired) electrons. The van der Waals surface area contributed by atoms with Crippen molar-refractivity contribution in [2.75, 3.05) is 0 Å². The van der Waals surface area contributed by atoms with Crippen molar-refractivity contribution in [3.8, 4) is 0 Å². The quantitative estimate of drug-likeness (QED) is 0.534. The highest BCUT2D eigenvalue weighted by Gasteiger charge is 2.03. The summed E-state index contributed by atoms with van der Waals surface area (Å²) < 4.78 is 5.05. The van der Waals surface area contributed by atoms with E-state index in [2.05, 4.69) is 10.1 Å². The Labute approximate surface area is 80.2 Å². The van der Waals surface area contributed by atoms with Crippen molar-refractivity contribution < 1.29 is 9.32 Å². The van der Waals surface area contributed by atoms with Gasteiger partial charge in [-0.2, -0.15) is 0 Å². The van der Waals surface area contributed by atoms with E-state index in [4.69, 9.17) is 4.52 Å². The van der Waals surface area contributed by atoms with E-state index < -0.39 is 0 Å². The minimum atomic E-state index is 0.351. The number of rotatable bonds is 2. The van der Waals surface area contributed by atoms with Gasteiger partial charge in [0.1, 0.15) is 0 Å². The lowest BCUT2D eigenvalue weighted by Crippen LogP contribution is -1.80. The first-order chi connectivity index (χ1) is 6.81. The van der Waals surface area contributed by atoms with Crippen LogP contribution in [0.1, 0.15) is 11.3 Å². The van der Waals surface area contributed by atoms with Crippen molar-refractivity contribution >= 4 is 17.0 Å². The van der Waals surface area contributed by atoms with E-state index >= 15 is 0 Å². The molecule has 0 unspecified atom stereocenters. The van der Waals surface area contributed by atoms with Crippen LogP contribution in [0.25, 0.3) is 11.0 Å². The molecular weight excluding hydrogens is 180 g/mol. The lowest BCUT2D eigenvalue weighted by molar-refractivity contribution is 0.450. The van der Waals surface area contributed by atoms with Crippen molar-refractivity contribution in [1.82, 2.24) is 5.16 Å².